The highest BCUT2D eigenvalue weighted by Gasteiger charge is 2.34. The SMILES string of the molecule is CCc1ccc([C@H]2CC[C@@H](C(=O)NCc3cccc(F)c3)CN2C(C)=O)cc1. The van der Waals surface area contributed by atoms with Crippen LogP contribution in [-0.2, 0) is 22.6 Å². The highest BCUT2D eigenvalue weighted by molar-refractivity contribution is 5.81. The predicted octanol–water partition coefficient (Wildman–Crippen LogP) is 4.00. The van der Waals surface area contributed by atoms with Crippen LogP contribution in [0.1, 0.15) is 49.4 Å². The van der Waals surface area contributed by atoms with Gasteiger partial charge in [0, 0.05) is 20.0 Å². The first-order valence-corrected chi connectivity index (χ1v) is 9.86. The van der Waals surface area contributed by atoms with Gasteiger partial charge >= 0.3 is 0 Å². The van der Waals surface area contributed by atoms with Crippen molar-refractivity contribution in [3.63, 3.8) is 0 Å². The molecule has 1 heterocycles. The Morgan fingerprint density at radius 3 is 2.50 bits per heavy atom. The molecule has 1 aliphatic heterocycles. The van der Waals surface area contributed by atoms with Crippen molar-refractivity contribution in [1.29, 1.82) is 0 Å². The number of benzene rings is 2. The first-order valence-electron chi connectivity index (χ1n) is 9.86. The van der Waals surface area contributed by atoms with Crippen molar-refractivity contribution in [1.82, 2.24) is 10.2 Å². The fourth-order valence-electron chi connectivity index (χ4n) is 3.84. The van der Waals surface area contributed by atoms with Gasteiger partial charge in [0.1, 0.15) is 5.82 Å². The van der Waals surface area contributed by atoms with Gasteiger partial charge in [-0.3, -0.25) is 9.59 Å². The Labute approximate surface area is 165 Å². The van der Waals surface area contributed by atoms with Gasteiger partial charge in [0.05, 0.1) is 12.0 Å². The zero-order valence-corrected chi connectivity index (χ0v) is 16.5. The average molecular weight is 382 g/mol. The van der Waals surface area contributed by atoms with Crippen LogP contribution in [0, 0.1) is 11.7 Å². The molecule has 1 aliphatic rings. The minimum Gasteiger partial charge on any atom is -0.352 e. The van der Waals surface area contributed by atoms with Gasteiger partial charge in [-0.2, -0.15) is 0 Å². The Morgan fingerprint density at radius 1 is 1.11 bits per heavy atom. The molecule has 5 heteroatoms. The molecule has 148 valence electrons. The number of likely N-dealkylation sites (tertiary alicyclic amines) is 1. The molecular formula is C23H27FN2O2. The lowest BCUT2D eigenvalue weighted by molar-refractivity contribution is -0.137. The zero-order chi connectivity index (χ0) is 20.1. The fraction of sp³-hybridized carbons (Fsp3) is 0.391. The van der Waals surface area contributed by atoms with Crippen molar-refractivity contribution in [3.8, 4) is 0 Å². The van der Waals surface area contributed by atoms with Crippen LogP contribution in [0.5, 0.6) is 0 Å². The van der Waals surface area contributed by atoms with E-state index in [4.69, 9.17) is 0 Å². The molecule has 3 rings (SSSR count). The van der Waals surface area contributed by atoms with Crippen molar-refractivity contribution in [3.05, 3.63) is 71.0 Å². The predicted molar refractivity (Wildman–Crippen MR) is 107 cm³/mol. The number of carbonyl (C=O) groups excluding carboxylic acids is 2. The largest absolute Gasteiger partial charge is 0.352 e. The number of hydrogen-bond acceptors (Lipinski definition) is 2. The highest BCUT2D eigenvalue weighted by atomic mass is 19.1. The summed E-state index contributed by atoms with van der Waals surface area (Å²) in [5, 5.41) is 2.88. The summed E-state index contributed by atoms with van der Waals surface area (Å²) in [6, 6.07) is 14.6. The number of rotatable bonds is 5. The number of nitrogens with one attached hydrogen (secondary N) is 1. The zero-order valence-electron chi connectivity index (χ0n) is 16.5. The number of nitrogens with zero attached hydrogens (tertiary/aromatic N) is 1. The van der Waals surface area contributed by atoms with Crippen LogP contribution >= 0.6 is 0 Å². The molecular weight excluding hydrogens is 355 g/mol. The number of piperidine rings is 1. The first kappa shape index (κ1) is 20.1. The molecule has 0 aromatic heterocycles. The monoisotopic (exact) mass is 382 g/mol. The van der Waals surface area contributed by atoms with Crippen LogP contribution in [0.3, 0.4) is 0 Å². The molecule has 0 bridgehead atoms. The van der Waals surface area contributed by atoms with Crippen molar-refractivity contribution in [2.45, 2.75) is 45.7 Å². The number of halogens is 1. The molecule has 1 saturated heterocycles. The second-order valence-electron chi connectivity index (χ2n) is 7.40. The summed E-state index contributed by atoms with van der Waals surface area (Å²) in [5.41, 5.74) is 3.11. The highest BCUT2D eigenvalue weighted by Crippen LogP contribution is 2.33. The standard InChI is InChI=1S/C23H27FN2O2/c1-3-17-7-9-19(10-8-17)22-12-11-20(15-26(22)16(2)27)23(28)25-14-18-5-4-6-21(24)13-18/h4-10,13,20,22H,3,11-12,14-15H2,1-2H3,(H,25,28)/t20-,22-/m1/s1. The topological polar surface area (TPSA) is 49.4 Å². The quantitative estimate of drug-likeness (QED) is 0.850. The normalized spacial score (nSPS) is 19.3. The van der Waals surface area contributed by atoms with E-state index in [0.717, 1.165) is 30.4 Å². The summed E-state index contributed by atoms with van der Waals surface area (Å²) in [4.78, 5) is 26.7. The number of amides is 2. The lowest BCUT2D eigenvalue weighted by Gasteiger charge is -2.39. The van der Waals surface area contributed by atoms with Crippen LogP contribution in [0.4, 0.5) is 4.39 Å². The van der Waals surface area contributed by atoms with Crippen LogP contribution in [0.15, 0.2) is 48.5 Å². The summed E-state index contributed by atoms with van der Waals surface area (Å²) >= 11 is 0. The number of hydrogen-bond donors (Lipinski definition) is 1. The third-order valence-electron chi connectivity index (χ3n) is 5.49. The molecule has 0 unspecified atom stereocenters. The second-order valence-corrected chi connectivity index (χ2v) is 7.40. The average Bonchev–Trinajstić information content (AvgIpc) is 2.71. The minimum absolute atomic E-state index is 0.00988. The summed E-state index contributed by atoms with van der Waals surface area (Å²) in [5.74, 6) is -0.671. The van der Waals surface area contributed by atoms with Crippen molar-refractivity contribution in [2.75, 3.05) is 6.54 Å². The number of aryl methyl sites for hydroxylation is 1. The molecule has 1 fully saturated rings. The van der Waals surface area contributed by atoms with Crippen LogP contribution in [0.2, 0.25) is 0 Å². The molecule has 0 radical (unpaired) electrons. The first-order chi connectivity index (χ1) is 13.5. The molecule has 2 amide bonds. The molecule has 28 heavy (non-hydrogen) atoms. The minimum atomic E-state index is -0.316. The van der Waals surface area contributed by atoms with E-state index in [1.807, 2.05) is 0 Å². The van der Waals surface area contributed by atoms with Crippen LogP contribution in [0.25, 0.3) is 0 Å². The maximum absolute atomic E-state index is 13.3. The molecule has 0 saturated carbocycles. The molecule has 4 nitrogen and oxygen atoms in total. The van der Waals surface area contributed by atoms with Gasteiger partial charge in [-0.05, 0) is 48.1 Å². The van der Waals surface area contributed by atoms with Gasteiger partial charge < -0.3 is 10.2 Å². The number of carbonyl (C=O) groups is 2. The van der Waals surface area contributed by atoms with Gasteiger partial charge in [-0.25, -0.2) is 4.39 Å². The second kappa shape index (κ2) is 9.00. The third kappa shape index (κ3) is 4.77. The maximum Gasteiger partial charge on any atom is 0.225 e. The summed E-state index contributed by atoms with van der Waals surface area (Å²) < 4.78 is 13.3. The summed E-state index contributed by atoms with van der Waals surface area (Å²) in [7, 11) is 0. The van der Waals surface area contributed by atoms with Crippen molar-refractivity contribution < 1.29 is 14.0 Å². The van der Waals surface area contributed by atoms with Gasteiger partial charge in [0.15, 0.2) is 0 Å². The molecule has 2 aromatic rings. The van der Waals surface area contributed by atoms with E-state index in [-0.39, 0.29) is 36.1 Å². The fourth-order valence-corrected chi connectivity index (χ4v) is 3.84. The Kier molecular flexibility index (Phi) is 6.45. The Balaban J connectivity index is 1.64. The molecule has 2 atom stereocenters. The maximum atomic E-state index is 13.3. The van der Waals surface area contributed by atoms with Gasteiger partial charge in [-0.15, -0.1) is 0 Å². The van der Waals surface area contributed by atoms with E-state index < -0.39 is 0 Å². The van der Waals surface area contributed by atoms with Crippen LogP contribution in [-0.4, -0.2) is 23.3 Å². The van der Waals surface area contributed by atoms with E-state index in [0.29, 0.717) is 6.54 Å². The lowest BCUT2D eigenvalue weighted by Crippen LogP contribution is -2.46. The van der Waals surface area contributed by atoms with Crippen LogP contribution < -0.4 is 5.32 Å². The smallest absolute Gasteiger partial charge is 0.225 e. The van der Waals surface area contributed by atoms with Gasteiger partial charge in [-0.1, -0.05) is 43.3 Å². The molecule has 2 aromatic carbocycles. The molecule has 0 spiro atoms. The third-order valence-corrected chi connectivity index (χ3v) is 5.49. The van der Waals surface area contributed by atoms with Crippen molar-refractivity contribution >= 4 is 11.8 Å². The lowest BCUT2D eigenvalue weighted by atomic mass is 9.88. The van der Waals surface area contributed by atoms with Gasteiger partial charge in [0.25, 0.3) is 0 Å². The van der Waals surface area contributed by atoms with Gasteiger partial charge in [0.2, 0.25) is 11.8 Å². The van der Waals surface area contributed by atoms with Crippen molar-refractivity contribution in [2.24, 2.45) is 5.92 Å². The Morgan fingerprint density at radius 2 is 1.86 bits per heavy atom. The van der Waals surface area contributed by atoms with E-state index in [1.165, 1.54) is 17.7 Å². The van der Waals surface area contributed by atoms with E-state index >= 15 is 0 Å². The molecule has 0 aliphatic carbocycles. The summed E-state index contributed by atoms with van der Waals surface area (Å²) in [6.07, 6.45) is 2.46. The van der Waals surface area contributed by atoms with E-state index in [9.17, 15) is 14.0 Å². The van der Waals surface area contributed by atoms with E-state index in [1.54, 1.807) is 24.0 Å². The Bertz CT molecular complexity index is 835. The van der Waals surface area contributed by atoms with E-state index in [2.05, 4.69) is 36.5 Å². The molecule has 1 N–H and O–H groups in total. The summed E-state index contributed by atoms with van der Waals surface area (Å²) in [6.45, 7) is 4.37. The Hall–Kier alpha value is -2.69.